The number of hydrogen-bond donors (Lipinski definition) is 0. The maximum absolute atomic E-state index is 5.76. The fraction of sp³-hybridized carbons (Fsp3) is 0.0833. The van der Waals surface area contributed by atoms with Crippen LogP contribution in [-0.4, -0.2) is 4.98 Å². The number of para-hydroxylation sites is 1. The van der Waals surface area contributed by atoms with E-state index in [1.165, 1.54) is 0 Å². The zero-order valence-corrected chi connectivity index (χ0v) is 12.3. The molecule has 2 rings (SSSR count). The fourth-order valence-electron chi connectivity index (χ4n) is 1.27. The van der Waals surface area contributed by atoms with Gasteiger partial charge in [-0.1, -0.05) is 12.1 Å². The smallest absolute Gasteiger partial charge is 0.222 e. The Kier molecular flexibility index (Phi) is 3.81. The minimum absolute atomic E-state index is 0.646. The van der Waals surface area contributed by atoms with Gasteiger partial charge in [-0.3, -0.25) is 0 Å². The van der Waals surface area contributed by atoms with Gasteiger partial charge < -0.3 is 4.74 Å². The molecule has 0 N–H and O–H groups in total. The van der Waals surface area contributed by atoms with E-state index in [0.717, 1.165) is 19.4 Å². The Labute approximate surface area is 116 Å². The van der Waals surface area contributed by atoms with Crippen LogP contribution in [0.2, 0.25) is 0 Å². The molecule has 0 fully saturated rings. The Morgan fingerprint density at radius 2 is 2.06 bits per heavy atom. The van der Waals surface area contributed by atoms with Crippen molar-refractivity contribution < 1.29 is 4.74 Å². The van der Waals surface area contributed by atoms with Crippen LogP contribution in [0.4, 0.5) is 0 Å². The highest BCUT2D eigenvalue weighted by Crippen LogP contribution is 2.28. The van der Waals surface area contributed by atoms with E-state index < -0.39 is 0 Å². The number of halogens is 2. The van der Waals surface area contributed by atoms with E-state index in [1.54, 1.807) is 6.20 Å². The first-order chi connectivity index (χ1) is 7.66. The van der Waals surface area contributed by atoms with Crippen molar-refractivity contribution in [3.8, 4) is 11.6 Å². The summed E-state index contributed by atoms with van der Waals surface area (Å²) in [4.78, 5) is 4.24. The summed E-state index contributed by atoms with van der Waals surface area (Å²) in [7, 11) is 0. The number of pyridine rings is 1. The van der Waals surface area contributed by atoms with E-state index in [0.29, 0.717) is 5.88 Å². The summed E-state index contributed by atoms with van der Waals surface area (Å²) in [5.41, 5.74) is 1.01. The Hall–Kier alpha value is -0.620. The average molecular weight is 390 g/mol. The fourth-order valence-corrected chi connectivity index (χ4v) is 2.21. The number of aryl methyl sites for hydroxylation is 1. The molecule has 0 aliphatic rings. The summed E-state index contributed by atoms with van der Waals surface area (Å²) in [6, 6.07) is 9.86. The zero-order valence-electron chi connectivity index (χ0n) is 8.58. The van der Waals surface area contributed by atoms with Gasteiger partial charge in [-0.2, -0.15) is 0 Å². The van der Waals surface area contributed by atoms with E-state index in [9.17, 15) is 0 Å². The topological polar surface area (TPSA) is 22.1 Å². The molecule has 0 spiro atoms. The Morgan fingerprint density at radius 3 is 2.75 bits per heavy atom. The lowest BCUT2D eigenvalue weighted by molar-refractivity contribution is 0.455. The first-order valence-corrected chi connectivity index (χ1v) is 6.58. The molecule has 0 atom stereocenters. The molecule has 0 saturated heterocycles. The molecule has 1 aromatic heterocycles. The highest BCUT2D eigenvalue weighted by atomic mass is 127. The second kappa shape index (κ2) is 5.14. The van der Waals surface area contributed by atoms with E-state index in [2.05, 4.69) is 43.5 Å². The number of aromatic nitrogens is 1. The third-order valence-corrected chi connectivity index (χ3v) is 3.37. The van der Waals surface area contributed by atoms with Crippen LogP contribution in [0.1, 0.15) is 5.56 Å². The summed E-state index contributed by atoms with van der Waals surface area (Å²) in [5, 5.41) is 0. The molecule has 0 unspecified atom stereocenters. The van der Waals surface area contributed by atoms with Gasteiger partial charge in [0.05, 0.1) is 3.57 Å². The summed E-state index contributed by atoms with van der Waals surface area (Å²) < 4.78 is 7.79. The molecular formula is C12H9BrINO. The normalized spacial score (nSPS) is 10.2. The zero-order chi connectivity index (χ0) is 11.5. The molecule has 16 heavy (non-hydrogen) atoms. The largest absolute Gasteiger partial charge is 0.438 e. The lowest BCUT2D eigenvalue weighted by Gasteiger charge is -2.08. The Bertz CT molecular complexity index is 516. The van der Waals surface area contributed by atoms with Crippen molar-refractivity contribution in [1.82, 2.24) is 4.98 Å². The second-order valence-electron chi connectivity index (χ2n) is 3.31. The minimum Gasteiger partial charge on any atom is -0.438 e. The maximum atomic E-state index is 5.76. The van der Waals surface area contributed by atoms with Crippen LogP contribution in [-0.2, 0) is 0 Å². The number of rotatable bonds is 2. The predicted octanol–water partition coefficient (Wildman–Crippen LogP) is 4.55. The van der Waals surface area contributed by atoms with Crippen LogP contribution in [0.3, 0.4) is 0 Å². The number of ether oxygens (including phenoxy) is 1. The van der Waals surface area contributed by atoms with Crippen molar-refractivity contribution in [3.63, 3.8) is 0 Å². The van der Waals surface area contributed by atoms with Crippen LogP contribution in [0.15, 0.2) is 41.0 Å². The van der Waals surface area contributed by atoms with Crippen LogP contribution in [0.25, 0.3) is 0 Å². The van der Waals surface area contributed by atoms with Crippen molar-refractivity contribution in [2.45, 2.75) is 6.92 Å². The van der Waals surface area contributed by atoms with Crippen LogP contribution >= 0.6 is 38.5 Å². The van der Waals surface area contributed by atoms with Crippen molar-refractivity contribution in [3.05, 3.63) is 50.1 Å². The molecule has 0 amide bonds. The molecule has 0 aliphatic carbocycles. The van der Waals surface area contributed by atoms with Crippen molar-refractivity contribution >= 4 is 38.5 Å². The number of hydrogen-bond acceptors (Lipinski definition) is 2. The second-order valence-corrected chi connectivity index (χ2v) is 5.39. The Balaban J connectivity index is 2.31. The summed E-state index contributed by atoms with van der Waals surface area (Å²) in [6.07, 6.45) is 1.73. The predicted molar refractivity (Wildman–Crippen MR) is 75.9 cm³/mol. The summed E-state index contributed by atoms with van der Waals surface area (Å²) in [5.74, 6) is 1.48. The molecule has 82 valence electrons. The first-order valence-electron chi connectivity index (χ1n) is 4.71. The van der Waals surface area contributed by atoms with Gasteiger partial charge in [0.2, 0.25) is 5.88 Å². The molecule has 0 radical (unpaired) electrons. The lowest BCUT2D eigenvalue weighted by Crippen LogP contribution is -1.92. The Morgan fingerprint density at radius 1 is 1.31 bits per heavy atom. The van der Waals surface area contributed by atoms with Crippen molar-refractivity contribution in [2.75, 3.05) is 0 Å². The molecule has 2 nitrogen and oxygen atoms in total. The van der Waals surface area contributed by atoms with Gasteiger partial charge in [0, 0.05) is 16.2 Å². The van der Waals surface area contributed by atoms with E-state index in [1.807, 2.05) is 37.3 Å². The third kappa shape index (κ3) is 2.74. The van der Waals surface area contributed by atoms with Crippen LogP contribution in [0, 0.1) is 10.5 Å². The van der Waals surface area contributed by atoms with Crippen LogP contribution < -0.4 is 4.74 Å². The van der Waals surface area contributed by atoms with Crippen molar-refractivity contribution in [1.29, 1.82) is 0 Å². The SMILES string of the molecule is Cc1cc(Br)cnc1Oc1ccccc1I. The van der Waals surface area contributed by atoms with Gasteiger partial charge in [-0.25, -0.2) is 4.98 Å². The van der Waals surface area contributed by atoms with E-state index >= 15 is 0 Å². The van der Waals surface area contributed by atoms with Gasteiger partial charge in [0.15, 0.2) is 0 Å². The average Bonchev–Trinajstić information content (AvgIpc) is 2.25. The molecule has 0 saturated carbocycles. The minimum atomic E-state index is 0.646. The molecule has 2 aromatic rings. The van der Waals surface area contributed by atoms with E-state index in [4.69, 9.17) is 4.74 Å². The third-order valence-electron chi connectivity index (χ3n) is 2.04. The maximum Gasteiger partial charge on any atom is 0.222 e. The van der Waals surface area contributed by atoms with Crippen LogP contribution in [0.5, 0.6) is 11.6 Å². The van der Waals surface area contributed by atoms with Gasteiger partial charge in [0.1, 0.15) is 5.75 Å². The molecule has 4 heteroatoms. The monoisotopic (exact) mass is 389 g/mol. The molecular weight excluding hydrogens is 381 g/mol. The molecule has 0 aliphatic heterocycles. The quantitative estimate of drug-likeness (QED) is 0.703. The molecule has 0 bridgehead atoms. The molecule has 1 aromatic carbocycles. The molecule has 1 heterocycles. The van der Waals surface area contributed by atoms with Gasteiger partial charge in [-0.05, 0) is 63.6 Å². The van der Waals surface area contributed by atoms with Gasteiger partial charge in [0.25, 0.3) is 0 Å². The van der Waals surface area contributed by atoms with Gasteiger partial charge >= 0.3 is 0 Å². The number of benzene rings is 1. The highest BCUT2D eigenvalue weighted by Gasteiger charge is 2.05. The summed E-state index contributed by atoms with van der Waals surface area (Å²) in [6.45, 7) is 1.98. The van der Waals surface area contributed by atoms with E-state index in [-0.39, 0.29) is 0 Å². The first kappa shape index (κ1) is 11.9. The summed E-state index contributed by atoms with van der Waals surface area (Å²) >= 11 is 5.62. The highest BCUT2D eigenvalue weighted by molar-refractivity contribution is 14.1. The standard InChI is InChI=1S/C12H9BrINO/c1-8-6-9(13)7-15-12(8)16-11-5-3-2-4-10(11)14/h2-7H,1H3. The van der Waals surface area contributed by atoms with Crippen molar-refractivity contribution in [2.24, 2.45) is 0 Å². The van der Waals surface area contributed by atoms with Gasteiger partial charge in [-0.15, -0.1) is 0 Å². The lowest BCUT2D eigenvalue weighted by atomic mass is 10.3. The number of nitrogens with zero attached hydrogens (tertiary/aromatic N) is 1.